The second-order valence-corrected chi connectivity index (χ2v) is 8.65. The lowest BCUT2D eigenvalue weighted by atomic mass is 10.1. The minimum Gasteiger partial charge on any atom is -0.397 e. The molecule has 0 aliphatic carbocycles. The predicted molar refractivity (Wildman–Crippen MR) is 131 cm³/mol. The molecule has 0 amide bonds. The van der Waals surface area contributed by atoms with Gasteiger partial charge in [0.2, 0.25) is 0 Å². The molecule has 9 nitrogen and oxygen atoms in total. The number of H-pyrrole nitrogens is 1. The molecule has 0 saturated carbocycles. The number of aromatic nitrogens is 6. The first kappa shape index (κ1) is 30.2. The van der Waals surface area contributed by atoms with E-state index in [0.717, 1.165) is 29.2 Å². The SMILES string of the molecule is CCCC(F)Cn1cnc2cc(-c3ncc(C(C)(F)F)cn3)c(F)cc2c1=O.Nc1cn[nH]c(=O)c1C(F)(F)F. The molecule has 0 bridgehead atoms. The molecule has 1 atom stereocenters. The summed E-state index contributed by atoms with van der Waals surface area (Å²) in [5.41, 5.74) is 0.644. The zero-order valence-electron chi connectivity index (χ0n) is 20.9. The van der Waals surface area contributed by atoms with Gasteiger partial charge in [0.25, 0.3) is 17.0 Å². The van der Waals surface area contributed by atoms with Gasteiger partial charge in [0.05, 0.1) is 46.8 Å². The zero-order valence-corrected chi connectivity index (χ0v) is 20.9. The molecule has 3 heterocycles. The highest BCUT2D eigenvalue weighted by Gasteiger charge is 2.36. The maximum absolute atomic E-state index is 14.6. The van der Waals surface area contributed by atoms with Crippen molar-refractivity contribution in [3.05, 3.63) is 74.7 Å². The summed E-state index contributed by atoms with van der Waals surface area (Å²) in [5, 5.41) is 4.73. The van der Waals surface area contributed by atoms with E-state index in [1.165, 1.54) is 12.4 Å². The van der Waals surface area contributed by atoms with Crippen LogP contribution in [0.4, 0.5) is 36.4 Å². The maximum Gasteiger partial charge on any atom is 0.423 e. The zero-order chi connectivity index (χ0) is 29.8. The molecule has 0 aliphatic heterocycles. The summed E-state index contributed by atoms with van der Waals surface area (Å²) in [6, 6.07) is 2.25. The molecule has 1 aromatic carbocycles. The van der Waals surface area contributed by atoms with Crippen molar-refractivity contribution in [2.45, 2.75) is 51.5 Å². The number of halogens is 7. The molecule has 1 unspecified atom stereocenters. The third kappa shape index (κ3) is 6.98. The Morgan fingerprint density at radius 3 is 2.23 bits per heavy atom. The van der Waals surface area contributed by atoms with Crippen LogP contribution in [0.1, 0.15) is 37.8 Å². The van der Waals surface area contributed by atoms with Crippen molar-refractivity contribution >= 4 is 16.6 Å². The summed E-state index contributed by atoms with van der Waals surface area (Å²) >= 11 is 0. The van der Waals surface area contributed by atoms with E-state index >= 15 is 0 Å². The molecular formula is C24H22F7N7O2. The summed E-state index contributed by atoms with van der Waals surface area (Å²) in [5.74, 6) is -4.02. The van der Waals surface area contributed by atoms with Crippen LogP contribution in [0.3, 0.4) is 0 Å². The Bertz CT molecular complexity index is 1600. The third-order valence-corrected chi connectivity index (χ3v) is 5.48. The number of nitrogen functional groups attached to an aromatic ring is 1. The van der Waals surface area contributed by atoms with Crippen LogP contribution in [0.25, 0.3) is 22.3 Å². The average Bonchev–Trinajstić information content (AvgIpc) is 2.85. The largest absolute Gasteiger partial charge is 0.423 e. The minimum atomic E-state index is -4.74. The fourth-order valence-electron chi connectivity index (χ4n) is 3.50. The molecule has 4 aromatic rings. The van der Waals surface area contributed by atoms with Crippen LogP contribution in [-0.2, 0) is 18.6 Å². The number of rotatable bonds is 6. The molecule has 40 heavy (non-hydrogen) atoms. The lowest BCUT2D eigenvalue weighted by Gasteiger charge is -2.11. The molecule has 0 spiro atoms. The topological polar surface area (TPSA) is 132 Å². The van der Waals surface area contributed by atoms with E-state index < -0.39 is 52.0 Å². The Labute approximate surface area is 220 Å². The van der Waals surface area contributed by atoms with Crippen molar-refractivity contribution in [3.8, 4) is 11.4 Å². The highest BCUT2D eigenvalue weighted by molar-refractivity contribution is 5.82. The summed E-state index contributed by atoms with van der Waals surface area (Å²) in [4.78, 5) is 34.7. The van der Waals surface area contributed by atoms with Crippen LogP contribution < -0.4 is 16.9 Å². The van der Waals surface area contributed by atoms with Crippen LogP contribution >= 0.6 is 0 Å². The average molecular weight is 573 g/mol. The van der Waals surface area contributed by atoms with Crippen molar-refractivity contribution in [3.63, 3.8) is 0 Å². The summed E-state index contributed by atoms with van der Waals surface area (Å²) < 4.78 is 92.0. The Hall–Kier alpha value is -4.37. The number of hydrogen-bond donors (Lipinski definition) is 2. The molecule has 0 radical (unpaired) electrons. The van der Waals surface area contributed by atoms with E-state index in [-0.39, 0.29) is 28.8 Å². The van der Waals surface area contributed by atoms with Gasteiger partial charge in [-0.3, -0.25) is 14.2 Å². The first-order chi connectivity index (χ1) is 18.6. The first-order valence-electron chi connectivity index (χ1n) is 11.6. The molecule has 0 aliphatic rings. The molecule has 4 rings (SSSR count). The number of benzene rings is 1. The fraction of sp³-hybridized carbons (Fsp3) is 0.333. The second-order valence-electron chi connectivity index (χ2n) is 8.65. The van der Waals surface area contributed by atoms with Crippen molar-refractivity contribution in [1.29, 1.82) is 0 Å². The highest BCUT2D eigenvalue weighted by Crippen LogP contribution is 2.30. The number of anilines is 1. The molecule has 0 saturated heterocycles. The molecular weight excluding hydrogens is 551 g/mol. The molecule has 3 aromatic heterocycles. The standard InChI is InChI=1S/C19H18F4N4O.C5H4F3N3O/c1-3-4-12(20)9-27-10-26-16-6-13(15(21)5-14(16)18(27)28)17-24-7-11(8-25-17)19(2,22)23;6-5(7,8)3-2(9)1-10-11-4(3)12/h5-8,10,12H,3-4,9H2,1-2H3;1H,(H3,9,11,12). The van der Waals surface area contributed by atoms with Crippen LogP contribution in [0.5, 0.6) is 0 Å². The van der Waals surface area contributed by atoms with Gasteiger partial charge in [0.15, 0.2) is 5.82 Å². The second kappa shape index (κ2) is 11.8. The van der Waals surface area contributed by atoms with E-state index in [0.29, 0.717) is 19.8 Å². The maximum atomic E-state index is 14.6. The highest BCUT2D eigenvalue weighted by atomic mass is 19.4. The van der Waals surface area contributed by atoms with Gasteiger partial charge in [0.1, 0.15) is 17.6 Å². The predicted octanol–water partition coefficient (Wildman–Crippen LogP) is 4.61. The van der Waals surface area contributed by atoms with E-state index in [4.69, 9.17) is 5.73 Å². The fourth-order valence-corrected chi connectivity index (χ4v) is 3.50. The lowest BCUT2D eigenvalue weighted by molar-refractivity contribution is -0.138. The van der Waals surface area contributed by atoms with E-state index in [9.17, 15) is 40.3 Å². The van der Waals surface area contributed by atoms with Gasteiger partial charge >= 0.3 is 6.18 Å². The van der Waals surface area contributed by atoms with Gasteiger partial charge in [-0.2, -0.15) is 18.3 Å². The van der Waals surface area contributed by atoms with Crippen LogP contribution in [-0.4, -0.2) is 35.9 Å². The minimum absolute atomic E-state index is 0.0100. The molecule has 16 heteroatoms. The summed E-state index contributed by atoms with van der Waals surface area (Å²) in [6.45, 7) is 2.38. The number of nitrogens with zero attached hydrogens (tertiary/aromatic N) is 5. The van der Waals surface area contributed by atoms with Crippen LogP contribution in [0.15, 0.2) is 46.6 Å². The normalized spacial score (nSPS) is 12.6. The van der Waals surface area contributed by atoms with Gasteiger partial charge in [-0.1, -0.05) is 13.3 Å². The van der Waals surface area contributed by atoms with Crippen LogP contribution in [0.2, 0.25) is 0 Å². The number of nitrogens with two attached hydrogens (primary N) is 1. The number of aromatic amines is 1. The monoisotopic (exact) mass is 573 g/mol. The van der Waals surface area contributed by atoms with Crippen molar-refractivity contribution in [1.82, 2.24) is 29.7 Å². The van der Waals surface area contributed by atoms with Gasteiger partial charge in [-0.15, -0.1) is 0 Å². The van der Waals surface area contributed by atoms with Gasteiger partial charge in [-0.25, -0.2) is 37.6 Å². The molecule has 0 fully saturated rings. The number of alkyl halides is 6. The van der Waals surface area contributed by atoms with Crippen LogP contribution in [0, 0.1) is 5.82 Å². The van der Waals surface area contributed by atoms with Gasteiger partial charge in [-0.05, 0) is 18.6 Å². The van der Waals surface area contributed by atoms with Crippen molar-refractivity contribution < 1.29 is 30.7 Å². The van der Waals surface area contributed by atoms with Gasteiger partial charge < -0.3 is 5.73 Å². The molecule has 3 N–H and O–H groups in total. The summed E-state index contributed by atoms with van der Waals surface area (Å²) in [6.07, 6.45) is -1.20. The van der Waals surface area contributed by atoms with E-state index in [2.05, 4.69) is 20.1 Å². The first-order valence-corrected chi connectivity index (χ1v) is 11.6. The number of hydrogen-bond acceptors (Lipinski definition) is 7. The van der Waals surface area contributed by atoms with Crippen molar-refractivity contribution in [2.75, 3.05) is 5.73 Å². The quantitative estimate of drug-likeness (QED) is 0.322. The number of nitrogens with one attached hydrogen (secondary N) is 1. The summed E-state index contributed by atoms with van der Waals surface area (Å²) in [7, 11) is 0. The Morgan fingerprint density at radius 1 is 1.05 bits per heavy atom. The third-order valence-electron chi connectivity index (χ3n) is 5.48. The van der Waals surface area contributed by atoms with E-state index in [1.54, 1.807) is 5.10 Å². The Morgan fingerprint density at radius 2 is 1.70 bits per heavy atom. The van der Waals surface area contributed by atoms with Crippen molar-refractivity contribution in [2.24, 2.45) is 0 Å². The smallest absolute Gasteiger partial charge is 0.397 e. The Kier molecular flexibility index (Phi) is 8.90. The Balaban J connectivity index is 0.000000307. The number of fused-ring (bicyclic) bond motifs is 1. The van der Waals surface area contributed by atoms with Gasteiger partial charge in [0, 0.05) is 19.3 Å². The molecule has 214 valence electrons. The van der Waals surface area contributed by atoms with E-state index in [1.807, 2.05) is 6.92 Å². The lowest BCUT2D eigenvalue weighted by Crippen LogP contribution is -2.25.